The molecule has 30 heavy (non-hydrogen) atoms. The molecule has 3 aromatic carbocycles. The molecular weight excluding hydrogens is 378 g/mol. The van der Waals surface area contributed by atoms with E-state index in [1.165, 1.54) is 10.5 Å². The molecule has 2 heterocycles. The Morgan fingerprint density at radius 1 is 0.800 bits per heavy atom. The van der Waals surface area contributed by atoms with Crippen molar-refractivity contribution in [2.24, 2.45) is 0 Å². The van der Waals surface area contributed by atoms with Crippen molar-refractivity contribution in [3.05, 3.63) is 95.1 Å². The molecule has 150 valence electrons. The Bertz CT molecular complexity index is 1070. The van der Waals surface area contributed by atoms with Crippen LogP contribution in [0.5, 0.6) is 11.5 Å². The van der Waals surface area contributed by atoms with Crippen LogP contribution in [0.2, 0.25) is 0 Å². The van der Waals surface area contributed by atoms with E-state index in [0.717, 1.165) is 23.5 Å². The lowest BCUT2D eigenvalue weighted by Gasteiger charge is -2.21. The molecular formula is C25H21NO4. The topological polar surface area (TPSA) is 55.8 Å². The molecule has 0 fully saturated rings. The van der Waals surface area contributed by atoms with Crippen LogP contribution in [0.15, 0.2) is 72.8 Å². The third kappa shape index (κ3) is 3.32. The van der Waals surface area contributed by atoms with Crippen molar-refractivity contribution in [3.63, 3.8) is 0 Å². The van der Waals surface area contributed by atoms with Crippen LogP contribution >= 0.6 is 0 Å². The Morgan fingerprint density at radius 3 is 2.20 bits per heavy atom. The third-order valence-electron chi connectivity index (χ3n) is 5.77. The molecule has 0 saturated carbocycles. The zero-order valence-electron chi connectivity index (χ0n) is 16.4. The average molecular weight is 399 g/mol. The van der Waals surface area contributed by atoms with E-state index in [9.17, 15) is 9.59 Å². The second kappa shape index (κ2) is 7.67. The Hall–Kier alpha value is -3.60. The highest BCUT2D eigenvalue weighted by Crippen LogP contribution is 2.37. The van der Waals surface area contributed by atoms with Crippen molar-refractivity contribution < 1.29 is 19.1 Å². The summed E-state index contributed by atoms with van der Waals surface area (Å²) in [5.74, 6) is 1.20. The van der Waals surface area contributed by atoms with Gasteiger partial charge in [0.05, 0.1) is 11.1 Å². The van der Waals surface area contributed by atoms with E-state index in [4.69, 9.17) is 9.47 Å². The number of amides is 2. The molecule has 5 nitrogen and oxygen atoms in total. The van der Waals surface area contributed by atoms with E-state index < -0.39 is 0 Å². The molecule has 5 heteroatoms. The van der Waals surface area contributed by atoms with Crippen LogP contribution in [0.4, 0.5) is 0 Å². The van der Waals surface area contributed by atoms with Crippen LogP contribution < -0.4 is 9.47 Å². The van der Waals surface area contributed by atoms with Crippen molar-refractivity contribution in [2.75, 3.05) is 13.3 Å². The standard InChI is InChI=1S/C25H21NO4/c27-24-20-8-4-5-9-21(20)25(28)26(24)13-12-19(14-17-6-2-1-3-7-17)18-10-11-22-23(15-18)30-16-29-22/h1-11,15,19H,12-14,16H2/t19-/m1/s1. The molecule has 0 unspecified atom stereocenters. The highest BCUT2D eigenvalue weighted by Gasteiger charge is 2.35. The maximum Gasteiger partial charge on any atom is 0.261 e. The number of ether oxygens (including phenoxy) is 2. The Kier molecular flexibility index (Phi) is 4.71. The minimum atomic E-state index is -0.209. The summed E-state index contributed by atoms with van der Waals surface area (Å²) in [5, 5.41) is 0. The lowest BCUT2D eigenvalue weighted by Crippen LogP contribution is -2.31. The first-order valence-electron chi connectivity index (χ1n) is 10.1. The largest absolute Gasteiger partial charge is 0.454 e. The van der Waals surface area contributed by atoms with Gasteiger partial charge in [0.15, 0.2) is 11.5 Å². The maximum atomic E-state index is 12.7. The summed E-state index contributed by atoms with van der Waals surface area (Å²) >= 11 is 0. The minimum Gasteiger partial charge on any atom is -0.454 e. The summed E-state index contributed by atoms with van der Waals surface area (Å²) in [4.78, 5) is 26.8. The molecule has 0 aliphatic carbocycles. The SMILES string of the molecule is O=C1c2ccccc2C(=O)N1CC[C@H](Cc1ccccc1)c1ccc2c(c1)OCO2. The number of imide groups is 1. The van der Waals surface area contributed by atoms with E-state index in [0.29, 0.717) is 24.1 Å². The van der Waals surface area contributed by atoms with Gasteiger partial charge >= 0.3 is 0 Å². The highest BCUT2D eigenvalue weighted by atomic mass is 16.7. The van der Waals surface area contributed by atoms with Gasteiger partial charge in [-0.3, -0.25) is 14.5 Å². The van der Waals surface area contributed by atoms with Crippen LogP contribution in [-0.4, -0.2) is 30.1 Å². The van der Waals surface area contributed by atoms with Gasteiger partial charge in [0.2, 0.25) is 6.79 Å². The van der Waals surface area contributed by atoms with Gasteiger partial charge in [-0.2, -0.15) is 0 Å². The van der Waals surface area contributed by atoms with E-state index in [1.807, 2.05) is 36.4 Å². The second-order valence-corrected chi connectivity index (χ2v) is 7.60. The van der Waals surface area contributed by atoms with Crippen molar-refractivity contribution in [1.29, 1.82) is 0 Å². The zero-order valence-corrected chi connectivity index (χ0v) is 16.4. The fourth-order valence-corrected chi connectivity index (χ4v) is 4.18. The van der Waals surface area contributed by atoms with E-state index in [2.05, 4.69) is 12.1 Å². The van der Waals surface area contributed by atoms with E-state index >= 15 is 0 Å². The van der Waals surface area contributed by atoms with Gasteiger partial charge in [-0.15, -0.1) is 0 Å². The number of fused-ring (bicyclic) bond motifs is 2. The van der Waals surface area contributed by atoms with Crippen LogP contribution in [0.1, 0.15) is 44.2 Å². The number of rotatable bonds is 6. The Morgan fingerprint density at radius 2 is 1.47 bits per heavy atom. The van der Waals surface area contributed by atoms with Crippen LogP contribution in [0, 0.1) is 0 Å². The first kappa shape index (κ1) is 18.4. The van der Waals surface area contributed by atoms with Crippen LogP contribution in [0.3, 0.4) is 0 Å². The molecule has 0 bridgehead atoms. The molecule has 2 aliphatic heterocycles. The van der Waals surface area contributed by atoms with Crippen molar-refractivity contribution in [1.82, 2.24) is 4.90 Å². The quantitative estimate of drug-likeness (QED) is 0.576. The first-order valence-corrected chi connectivity index (χ1v) is 10.1. The highest BCUT2D eigenvalue weighted by molar-refractivity contribution is 6.21. The molecule has 0 radical (unpaired) electrons. The smallest absolute Gasteiger partial charge is 0.261 e. The summed E-state index contributed by atoms with van der Waals surface area (Å²) in [6, 6.07) is 23.2. The van der Waals surface area contributed by atoms with Crippen molar-refractivity contribution >= 4 is 11.8 Å². The molecule has 5 rings (SSSR count). The average Bonchev–Trinajstić information content (AvgIpc) is 3.35. The molecule has 0 aromatic heterocycles. The third-order valence-corrected chi connectivity index (χ3v) is 5.77. The van der Waals surface area contributed by atoms with Crippen molar-refractivity contribution in [3.8, 4) is 11.5 Å². The number of hydrogen-bond donors (Lipinski definition) is 0. The number of benzene rings is 3. The molecule has 0 saturated heterocycles. The lowest BCUT2D eigenvalue weighted by molar-refractivity contribution is 0.0649. The summed E-state index contributed by atoms with van der Waals surface area (Å²) in [5.41, 5.74) is 3.30. The van der Waals surface area contributed by atoms with Gasteiger partial charge in [0, 0.05) is 6.54 Å². The van der Waals surface area contributed by atoms with Crippen LogP contribution in [-0.2, 0) is 6.42 Å². The molecule has 1 atom stereocenters. The van der Waals surface area contributed by atoms with Gasteiger partial charge in [0.1, 0.15) is 0 Å². The summed E-state index contributed by atoms with van der Waals surface area (Å²) in [6.07, 6.45) is 1.48. The van der Waals surface area contributed by atoms with Gasteiger partial charge < -0.3 is 9.47 Å². The second-order valence-electron chi connectivity index (χ2n) is 7.60. The summed E-state index contributed by atoms with van der Waals surface area (Å²) in [6.45, 7) is 0.607. The van der Waals surface area contributed by atoms with E-state index in [-0.39, 0.29) is 24.5 Å². The van der Waals surface area contributed by atoms with E-state index in [1.54, 1.807) is 24.3 Å². The zero-order chi connectivity index (χ0) is 20.5. The number of hydrogen-bond acceptors (Lipinski definition) is 4. The first-order chi connectivity index (χ1) is 14.7. The molecule has 2 amide bonds. The monoisotopic (exact) mass is 399 g/mol. The molecule has 2 aliphatic rings. The summed E-state index contributed by atoms with van der Waals surface area (Å²) < 4.78 is 11.0. The fraction of sp³-hybridized carbons (Fsp3) is 0.200. The summed E-state index contributed by atoms with van der Waals surface area (Å²) in [7, 11) is 0. The molecule has 0 spiro atoms. The van der Waals surface area contributed by atoms with Gasteiger partial charge in [-0.1, -0.05) is 48.5 Å². The van der Waals surface area contributed by atoms with Gasteiger partial charge in [-0.05, 0) is 54.2 Å². The Balaban J connectivity index is 1.39. The van der Waals surface area contributed by atoms with Crippen LogP contribution in [0.25, 0.3) is 0 Å². The lowest BCUT2D eigenvalue weighted by atomic mass is 9.89. The molecule has 3 aromatic rings. The van der Waals surface area contributed by atoms with Gasteiger partial charge in [-0.25, -0.2) is 0 Å². The van der Waals surface area contributed by atoms with Crippen molar-refractivity contribution in [2.45, 2.75) is 18.8 Å². The maximum absolute atomic E-state index is 12.7. The minimum absolute atomic E-state index is 0.131. The predicted molar refractivity (Wildman–Crippen MR) is 112 cm³/mol. The Labute approximate surface area is 174 Å². The molecule has 0 N–H and O–H groups in total. The number of carbonyl (C=O) groups is 2. The van der Waals surface area contributed by atoms with Gasteiger partial charge in [0.25, 0.3) is 11.8 Å². The number of carbonyl (C=O) groups excluding carboxylic acids is 2. The predicted octanol–water partition coefficient (Wildman–Crippen LogP) is 4.43. The normalized spacial score (nSPS) is 15.4. The number of nitrogens with zero attached hydrogens (tertiary/aromatic N) is 1. The fourth-order valence-electron chi connectivity index (χ4n) is 4.18.